The zero-order chi connectivity index (χ0) is 21.8. The predicted octanol–water partition coefficient (Wildman–Crippen LogP) is 3.82. The van der Waals surface area contributed by atoms with Gasteiger partial charge in [0.2, 0.25) is 0 Å². The second kappa shape index (κ2) is 9.21. The Morgan fingerprint density at radius 1 is 0.968 bits per heavy atom. The molecule has 0 bridgehead atoms. The van der Waals surface area contributed by atoms with Gasteiger partial charge in [-0.15, -0.1) is 11.3 Å². The van der Waals surface area contributed by atoms with E-state index in [4.69, 9.17) is 0 Å². The van der Waals surface area contributed by atoms with Crippen molar-refractivity contribution < 1.29 is 13.2 Å². The molecular weight excluding hydrogens is 430 g/mol. The molecule has 0 saturated carbocycles. The first kappa shape index (κ1) is 21.5. The normalized spacial score (nSPS) is 15.1. The average Bonchev–Trinajstić information content (AvgIpc) is 3.32. The van der Waals surface area contributed by atoms with Gasteiger partial charge in [-0.2, -0.15) is 0 Å². The highest BCUT2D eigenvalue weighted by molar-refractivity contribution is 7.94. The van der Waals surface area contributed by atoms with Crippen LogP contribution in [0.3, 0.4) is 0 Å². The third kappa shape index (κ3) is 5.15. The van der Waals surface area contributed by atoms with Crippen molar-refractivity contribution in [1.82, 2.24) is 9.80 Å². The Labute approximate surface area is 187 Å². The molecule has 3 aromatic rings. The number of hydrogen-bond acceptors (Lipinski definition) is 5. The molecule has 6 nitrogen and oxygen atoms in total. The van der Waals surface area contributed by atoms with Crippen molar-refractivity contribution in [1.29, 1.82) is 0 Å². The van der Waals surface area contributed by atoms with E-state index >= 15 is 0 Å². The van der Waals surface area contributed by atoms with Crippen LogP contribution in [0.5, 0.6) is 0 Å². The van der Waals surface area contributed by atoms with Gasteiger partial charge in [0.25, 0.3) is 15.9 Å². The highest BCUT2D eigenvalue weighted by Crippen LogP contribution is 2.21. The van der Waals surface area contributed by atoms with Gasteiger partial charge < -0.3 is 4.90 Å². The van der Waals surface area contributed by atoms with E-state index in [1.807, 2.05) is 11.0 Å². The Balaban J connectivity index is 1.33. The number of rotatable bonds is 6. The Bertz CT molecular complexity index is 1140. The van der Waals surface area contributed by atoms with Crippen molar-refractivity contribution in [3.05, 3.63) is 82.7 Å². The van der Waals surface area contributed by atoms with Gasteiger partial charge in [-0.1, -0.05) is 30.3 Å². The van der Waals surface area contributed by atoms with Crippen LogP contribution in [0.1, 0.15) is 21.5 Å². The fraction of sp³-hybridized carbons (Fsp3) is 0.261. The molecule has 1 amide bonds. The summed E-state index contributed by atoms with van der Waals surface area (Å²) in [5, 5.41) is 1.72. The number of piperazine rings is 1. The molecule has 162 valence electrons. The van der Waals surface area contributed by atoms with E-state index in [1.54, 1.807) is 41.8 Å². The van der Waals surface area contributed by atoms with Gasteiger partial charge in [0.05, 0.1) is 0 Å². The number of nitrogens with zero attached hydrogens (tertiary/aromatic N) is 2. The summed E-state index contributed by atoms with van der Waals surface area (Å²) in [6.07, 6.45) is 0. The van der Waals surface area contributed by atoms with Gasteiger partial charge in [0.15, 0.2) is 0 Å². The first-order chi connectivity index (χ1) is 14.9. The molecule has 0 atom stereocenters. The highest BCUT2D eigenvalue weighted by atomic mass is 32.2. The molecule has 1 aliphatic rings. The first-order valence-corrected chi connectivity index (χ1v) is 12.5. The third-order valence-corrected chi connectivity index (χ3v) is 8.24. The lowest BCUT2D eigenvalue weighted by molar-refractivity contribution is 0.0628. The summed E-state index contributed by atoms with van der Waals surface area (Å²) in [4.78, 5) is 17.1. The Hall–Kier alpha value is -2.68. The van der Waals surface area contributed by atoms with E-state index < -0.39 is 10.0 Å². The zero-order valence-corrected chi connectivity index (χ0v) is 19.0. The minimum atomic E-state index is -3.59. The van der Waals surface area contributed by atoms with Crippen LogP contribution in [0.15, 0.2) is 70.3 Å². The van der Waals surface area contributed by atoms with Crippen molar-refractivity contribution in [2.24, 2.45) is 0 Å². The minimum Gasteiger partial charge on any atom is -0.336 e. The molecule has 1 aromatic heterocycles. The average molecular weight is 456 g/mol. The summed E-state index contributed by atoms with van der Waals surface area (Å²) in [5.41, 5.74) is 3.61. The monoisotopic (exact) mass is 455 g/mol. The molecule has 1 fully saturated rings. The number of sulfonamides is 1. The summed E-state index contributed by atoms with van der Waals surface area (Å²) in [6, 6.07) is 18.3. The maximum atomic E-state index is 12.9. The second-order valence-electron chi connectivity index (χ2n) is 7.61. The molecule has 31 heavy (non-hydrogen) atoms. The SMILES string of the molecule is Cc1ccccc1CN1CCN(C(=O)c2ccc(NS(=O)(=O)c3cccs3)cc2)CC1. The van der Waals surface area contributed by atoms with Crippen molar-refractivity contribution in [2.75, 3.05) is 30.9 Å². The van der Waals surface area contributed by atoms with Gasteiger partial charge in [0, 0.05) is 44.0 Å². The number of carbonyl (C=O) groups excluding carboxylic acids is 1. The van der Waals surface area contributed by atoms with Crippen LogP contribution < -0.4 is 4.72 Å². The molecular formula is C23H25N3O3S2. The van der Waals surface area contributed by atoms with Crippen LogP contribution in [0.25, 0.3) is 0 Å². The zero-order valence-electron chi connectivity index (χ0n) is 17.3. The summed E-state index contributed by atoms with van der Waals surface area (Å²) in [5.74, 6) is -0.0248. The highest BCUT2D eigenvalue weighted by Gasteiger charge is 2.23. The lowest BCUT2D eigenvalue weighted by Crippen LogP contribution is -2.48. The molecule has 8 heteroatoms. The van der Waals surface area contributed by atoms with E-state index in [0.717, 1.165) is 31.0 Å². The van der Waals surface area contributed by atoms with Crippen LogP contribution >= 0.6 is 11.3 Å². The fourth-order valence-electron chi connectivity index (χ4n) is 3.62. The molecule has 0 aliphatic carbocycles. The Morgan fingerprint density at radius 2 is 1.68 bits per heavy atom. The lowest BCUT2D eigenvalue weighted by atomic mass is 10.1. The third-order valence-electron chi connectivity index (χ3n) is 5.46. The molecule has 2 aromatic carbocycles. The largest absolute Gasteiger partial charge is 0.336 e. The number of hydrogen-bond donors (Lipinski definition) is 1. The molecule has 4 rings (SSSR count). The van der Waals surface area contributed by atoms with Crippen molar-refractivity contribution in [3.63, 3.8) is 0 Å². The maximum absolute atomic E-state index is 12.9. The summed E-state index contributed by atoms with van der Waals surface area (Å²) < 4.78 is 27.5. The Morgan fingerprint density at radius 3 is 2.32 bits per heavy atom. The second-order valence-corrected chi connectivity index (χ2v) is 10.5. The number of benzene rings is 2. The smallest absolute Gasteiger partial charge is 0.271 e. The summed E-state index contributed by atoms with van der Waals surface area (Å²) in [6.45, 7) is 6.04. The summed E-state index contributed by atoms with van der Waals surface area (Å²) >= 11 is 1.16. The minimum absolute atomic E-state index is 0.0248. The topological polar surface area (TPSA) is 69.7 Å². The van der Waals surface area contributed by atoms with Gasteiger partial charge in [-0.3, -0.25) is 14.4 Å². The van der Waals surface area contributed by atoms with Crippen LogP contribution in [-0.2, 0) is 16.6 Å². The predicted molar refractivity (Wildman–Crippen MR) is 124 cm³/mol. The molecule has 1 N–H and O–H groups in total. The van der Waals surface area contributed by atoms with Gasteiger partial charge in [-0.25, -0.2) is 8.42 Å². The number of thiophene rings is 1. The van der Waals surface area contributed by atoms with Crippen LogP contribution in [-0.4, -0.2) is 50.3 Å². The molecule has 2 heterocycles. The van der Waals surface area contributed by atoms with E-state index in [9.17, 15) is 13.2 Å². The van der Waals surface area contributed by atoms with E-state index in [2.05, 4.69) is 34.7 Å². The standard InChI is InChI=1S/C23H25N3O3S2/c1-18-5-2-3-6-20(18)17-25-12-14-26(15-13-25)23(27)19-8-10-21(11-9-19)24-31(28,29)22-7-4-16-30-22/h2-11,16,24H,12-15,17H2,1H3. The molecule has 0 unspecified atom stereocenters. The molecule has 1 saturated heterocycles. The van der Waals surface area contributed by atoms with Gasteiger partial charge in [0.1, 0.15) is 4.21 Å². The number of aryl methyl sites for hydroxylation is 1. The van der Waals surface area contributed by atoms with Gasteiger partial charge >= 0.3 is 0 Å². The van der Waals surface area contributed by atoms with E-state index in [1.165, 1.54) is 11.1 Å². The quantitative estimate of drug-likeness (QED) is 0.614. The molecule has 0 radical (unpaired) electrons. The number of anilines is 1. The van der Waals surface area contributed by atoms with Crippen molar-refractivity contribution in [3.8, 4) is 0 Å². The van der Waals surface area contributed by atoms with E-state index in [-0.39, 0.29) is 10.1 Å². The number of amides is 1. The lowest BCUT2D eigenvalue weighted by Gasteiger charge is -2.35. The molecule has 1 aliphatic heterocycles. The number of nitrogens with one attached hydrogen (secondary N) is 1. The van der Waals surface area contributed by atoms with Gasteiger partial charge in [-0.05, 0) is 53.8 Å². The Kier molecular flexibility index (Phi) is 6.41. The van der Waals surface area contributed by atoms with E-state index in [0.29, 0.717) is 24.3 Å². The molecule has 0 spiro atoms. The maximum Gasteiger partial charge on any atom is 0.271 e. The van der Waals surface area contributed by atoms with Crippen molar-refractivity contribution >= 4 is 33.0 Å². The van der Waals surface area contributed by atoms with Crippen molar-refractivity contribution in [2.45, 2.75) is 17.7 Å². The van der Waals surface area contributed by atoms with Crippen LogP contribution in [0.2, 0.25) is 0 Å². The number of carbonyl (C=O) groups is 1. The fourth-order valence-corrected chi connectivity index (χ4v) is 5.67. The summed E-state index contributed by atoms with van der Waals surface area (Å²) in [7, 11) is -3.59. The van der Waals surface area contributed by atoms with Crippen LogP contribution in [0, 0.1) is 6.92 Å². The van der Waals surface area contributed by atoms with Crippen LogP contribution in [0.4, 0.5) is 5.69 Å². The first-order valence-electron chi connectivity index (χ1n) is 10.1.